The van der Waals surface area contributed by atoms with E-state index in [0.29, 0.717) is 27.1 Å². The first-order valence-corrected chi connectivity index (χ1v) is 9.26. The third kappa shape index (κ3) is 4.45. The van der Waals surface area contributed by atoms with Crippen molar-refractivity contribution in [2.24, 2.45) is 0 Å². The van der Waals surface area contributed by atoms with Crippen molar-refractivity contribution < 1.29 is 9.84 Å². The van der Waals surface area contributed by atoms with E-state index in [1.807, 2.05) is 36.4 Å². The highest BCUT2D eigenvalue weighted by Gasteiger charge is 2.12. The second-order valence-corrected chi connectivity index (χ2v) is 7.23. The number of hydrogen-bond acceptors (Lipinski definition) is 2. The topological polar surface area (TPSA) is 29.5 Å². The first-order chi connectivity index (χ1) is 12.4. The zero-order valence-electron chi connectivity index (χ0n) is 14.1. The fourth-order valence-electron chi connectivity index (χ4n) is 2.63. The smallest absolute Gasteiger partial charge is 0.137 e. The lowest BCUT2D eigenvalue weighted by Crippen LogP contribution is -1.95. The Morgan fingerprint density at radius 3 is 2.35 bits per heavy atom. The van der Waals surface area contributed by atoms with Crippen LogP contribution in [-0.2, 0) is 12.8 Å². The summed E-state index contributed by atoms with van der Waals surface area (Å²) in [7, 11) is 0. The van der Waals surface area contributed by atoms with Crippen molar-refractivity contribution in [3.63, 3.8) is 0 Å². The van der Waals surface area contributed by atoms with Gasteiger partial charge in [-0.15, -0.1) is 0 Å². The van der Waals surface area contributed by atoms with Gasteiger partial charge in [-0.3, -0.25) is 0 Å². The van der Waals surface area contributed by atoms with Gasteiger partial charge in [0.2, 0.25) is 0 Å². The Bertz CT molecular complexity index is 921. The second kappa shape index (κ2) is 8.22. The summed E-state index contributed by atoms with van der Waals surface area (Å²) in [5, 5.41) is 11.8. The van der Waals surface area contributed by atoms with Crippen molar-refractivity contribution in [2.75, 3.05) is 0 Å². The minimum absolute atomic E-state index is 0.0992. The molecule has 0 aromatic heterocycles. The Morgan fingerprint density at radius 1 is 0.885 bits per heavy atom. The monoisotopic (exact) mass is 406 g/mol. The molecule has 0 spiro atoms. The van der Waals surface area contributed by atoms with Crippen LogP contribution in [-0.4, -0.2) is 5.11 Å². The number of aryl methyl sites for hydroxylation is 2. The number of ether oxygens (including phenoxy) is 1. The van der Waals surface area contributed by atoms with Crippen LogP contribution in [0.4, 0.5) is 0 Å². The van der Waals surface area contributed by atoms with Crippen LogP contribution in [0.1, 0.15) is 16.7 Å². The van der Waals surface area contributed by atoms with E-state index in [4.69, 9.17) is 39.5 Å². The third-order valence-corrected chi connectivity index (χ3v) is 5.24. The maximum atomic E-state index is 10.2. The Hall–Kier alpha value is -1.87. The first kappa shape index (κ1) is 18.9. The van der Waals surface area contributed by atoms with Crippen molar-refractivity contribution in [3.05, 3.63) is 86.4 Å². The van der Waals surface area contributed by atoms with Crippen LogP contribution in [0.3, 0.4) is 0 Å². The van der Waals surface area contributed by atoms with Crippen molar-refractivity contribution >= 4 is 34.8 Å². The fraction of sp³-hybridized carbons (Fsp3) is 0.143. The number of aromatic hydroxyl groups is 1. The molecule has 134 valence electrons. The molecule has 26 heavy (non-hydrogen) atoms. The molecule has 0 amide bonds. The van der Waals surface area contributed by atoms with Gasteiger partial charge in [-0.2, -0.15) is 0 Å². The zero-order valence-corrected chi connectivity index (χ0v) is 16.4. The quantitative estimate of drug-likeness (QED) is 0.483. The van der Waals surface area contributed by atoms with Crippen LogP contribution in [0.5, 0.6) is 17.2 Å². The van der Waals surface area contributed by atoms with Crippen LogP contribution in [0.2, 0.25) is 15.1 Å². The van der Waals surface area contributed by atoms with Crippen molar-refractivity contribution in [2.45, 2.75) is 19.8 Å². The molecule has 0 heterocycles. The molecule has 0 bridgehead atoms. The lowest BCUT2D eigenvalue weighted by atomic mass is 10.0. The molecule has 3 rings (SSSR count). The fourth-order valence-corrected chi connectivity index (χ4v) is 3.25. The summed E-state index contributed by atoms with van der Waals surface area (Å²) in [5.41, 5.74) is 2.51. The summed E-state index contributed by atoms with van der Waals surface area (Å²) in [6.07, 6.45) is 1.34. The summed E-state index contributed by atoms with van der Waals surface area (Å²) in [6.45, 7) is 1.78. The Labute approximate surface area is 167 Å². The molecule has 0 saturated heterocycles. The maximum absolute atomic E-state index is 10.2. The molecular formula is C21H17Cl3O2. The van der Waals surface area contributed by atoms with Crippen LogP contribution >= 0.6 is 34.8 Å². The maximum Gasteiger partial charge on any atom is 0.137 e. The number of phenols is 1. The number of phenolic OH excluding ortho intramolecular Hbond substituents is 1. The van der Waals surface area contributed by atoms with Gasteiger partial charge in [0, 0.05) is 10.0 Å². The van der Waals surface area contributed by atoms with E-state index in [-0.39, 0.29) is 5.75 Å². The molecule has 0 aliphatic carbocycles. The predicted octanol–water partition coefficient (Wildman–Crippen LogP) is 7.24. The van der Waals surface area contributed by atoms with E-state index in [2.05, 4.69) is 0 Å². The van der Waals surface area contributed by atoms with Gasteiger partial charge < -0.3 is 9.84 Å². The van der Waals surface area contributed by atoms with E-state index in [1.54, 1.807) is 25.1 Å². The number of halogens is 3. The summed E-state index contributed by atoms with van der Waals surface area (Å²) >= 11 is 18.2. The average Bonchev–Trinajstić information content (AvgIpc) is 2.64. The molecule has 0 aliphatic heterocycles. The second-order valence-electron chi connectivity index (χ2n) is 6.01. The molecule has 0 unspecified atom stereocenters. The number of rotatable bonds is 5. The van der Waals surface area contributed by atoms with Crippen molar-refractivity contribution in [1.82, 2.24) is 0 Å². The number of hydrogen-bond donors (Lipinski definition) is 1. The van der Waals surface area contributed by atoms with E-state index < -0.39 is 0 Å². The van der Waals surface area contributed by atoms with Gasteiger partial charge in [0.25, 0.3) is 0 Å². The van der Waals surface area contributed by atoms with Crippen LogP contribution in [0.25, 0.3) is 0 Å². The van der Waals surface area contributed by atoms with Gasteiger partial charge in [0.05, 0.1) is 5.02 Å². The summed E-state index contributed by atoms with van der Waals surface area (Å²) in [4.78, 5) is 0. The summed E-state index contributed by atoms with van der Waals surface area (Å²) in [5.74, 6) is 1.57. The average molecular weight is 408 g/mol. The van der Waals surface area contributed by atoms with Gasteiger partial charge in [-0.25, -0.2) is 0 Å². The molecule has 0 radical (unpaired) electrons. The highest BCUT2D eigenvalue weighted by molar-refractivity contribution is 6.37. The minimum atomic E-state index is 0.0992. The Morgan fingerprint density at radius 2 is 1.62 bits per heavy atom. The van der Waals surface area contributed by atoms with Crippen LogP contribution < -0.4 is 4.74 Å². The lowest BCUT2D eigenvalue weighted by molar-refractivity contribution is 0.467. The van der Waals surface area contributed by atoms with Gasteiger partial charge in [-0.05, 0) is 78.9 Å². The highest BCUT2D eigenvalue weighted by Crippen LogP contribution is 2.36. The molecule has 3 aromatic carbocycles. The highest BCUT2D eigenvalue weighted by atomic mass is 35.5. The van der Waals surface area contributed by atoms with E-state index in [9.17, 15) is 5.11 Å². The normalized spacial score (nSPS) is 10.8. The van der Waals surface area contributed by atoms with Crippen LogP contribution in [0.15, 0.2) is 54.6 Å². The Balaban J connectivity index is 1.72. The zero-order chi connectivity index (χ0) is 18.7. The molecule has 0 atom stereocenters. The van der Waals surface area contributed by atoms with Gasteiger partial charge in [0.15, 0.2) is 0 Å². The molecule has 3 aromatic rings. The molecule has 0 fully saturated rings. The molecule has 0 aliphatic rings. The molecule has 1 N–H and O–H groups in total. The Kier molecular flexibility index (Phi) is 5.98. The SMILES string of the molecule is Cc1c(Cl)cc(CCc2cccc(Oc3ccc(Cl)cc3)c2)c(O)c1Cl. The van der Waals surface area contributed by atoms with Crippen molar-refractivity contribution in [3.8, 4) is 17.2 Å². The lowest BCUT2D eigenvalue weighted by Gasteiger charge is -2.11. The molecule has 0 saturated carbocycles. The van der Waals surface area contributed by atoms with E-state index in [1.165, 1.54) is 0 Å². The van der Waals surface area contributed by atoms with Crippen molar-refractivity contribution in [1.29, 1.82) is 0 Å². The number of benzene rings is 3. The third-order valence-electron chi connectivity index (χ3n) is 4.13. The van der Waals surface area contributed by atoms with Gasteiger partial charge in [-0.1, -0.05) is 46.9 Å². The summed E-state index contributed by atoms with van der Waals surface area (Å²) < 4.78 is 5.85. The molecule has 2 nitrogen and oxygen atoms in total. The van der Waals surface area contributed by atoms with Gasteiger partial charge >= 0.3 is 0 Å². The van der Waals surface area contributed by atoms with E-state index in [0.717, 1.165) is 29.0 Å². The first-order valence-electron chi connectivity index (χ1n) is 8.13. The van der Waals surface area contributed by atoms with E-state index >= 15 is 0 Å². The minimum Gasteiger partial charge on any atom is -0.506 e. The van der Waals surface area contributed by atoms with Crippen LogP contribution in [0, 0.1) is 6.92 Å². The molecular weight excluding hydrogens is 391 g/mol. The van der Waals surface area contributed by atoms with Gasteiger partial charge in [0.1, 0.15) is 17.2 Å². The molecule has 5 heteroatoms. The predicted molar refractivity (Wildman–Crippen MR) is 108 cm³/mol. The summed E-state index contributed by atoms with van der Waals surface area (Å²) in [6, 6.07) is 16.8. The largest absolute Gasteiger partial charge is 0.506 e. The standard InChI is InChI=1S/C21H17Cl3O2/c1-13-19(23)12-15(21(25)20(13)24)6-5-14-3-2-4-18(11-14)26-17-9-7-16(22)8-10-17/h2-4,7-12,25H,5-6H2,1H3.